The van der Waals surface area contributed by atoms with Crippen molar-refractivity contribution in [3.05, 3.63) is 60.2 Å². The molecule has 2 aromatic carbocycles. The standard InChI is InChI=1S/C24H26N2O6S/c1-2-3-17-32-20-9-11-21(12-10-20)33(30,31)24(29,23(25)28)19-13-15-26(16-14-19)22(27)18-7-5-4-6-8-18/h4-12,19,29H,13-17H2,1H3,(H2,25,28). The van der Waals surface area contributed by atoms with Crippen molar-refractivity contribution in [1.82, 2.24) is 4.90 Å². The van der Waals surface area contributed by atoms with E-state index < -0.39 is 26.6 Å². The molecule has 1 unspecified atom stereocenters. The first-order valence-electron chi connectivity index (χ1n) is 10.5. The van der Waals surface area contributed by atoms with E-state index in [4.69, 9.17) is 10.5 Å². The van der Waals surface area contributed by atoms with Crippen molar-refractivity contribution in [3.8, 4) is 17.6 Å². The fourth-order valence-electron chi connectivity index (χ4n) is 3.88. The van der Waals surface area contributed by atoms with Gasteiger partial charge >= 0.3 is 0 Å². The van der Waals surface area contributed by atoms with E-state index in [1.807, 2.05) is 0 Å². The Hall–Kier alpha value is -3.35. The van der Waals surface area contributed by atoms with Gasteiger partial charge in [-0.05, 0) is 56.2 Å². The number of amides is 2. The van der Waals surface area contributed by atoms with Gasteiger partial charge in [-0.3, -0.25) is 9.59 Å². The van der Waals surface area contributed by atoms with Gasteiger partial charge in [-0.1, -0.05) is 24.1 Å². The Morgan fingerprint density at radius 1 is 1.12 bits per heavy atom. The van der Waals surface area contributed by atoms with E-state index in [0.717, 1.165) is 0 Å². The number of carbonyl (C=O) groups excluding carboxylic acids is 2. The van der Waals surface area contributed by atoms with Gasteiger partial charge in [0.15, 0.2) is 0 Å². The number of hydrogen-bond acceptors (Lipinski definition) is 6. The highest BCUT2D eigenvalue weighted by molar-refractivity contribution is 7.93. The number of aliphatic hydroxyl groups is 1. The summed E-state index contributed by atoms with van der Waals surface area (Å²) in [4.78, 5) is 23.5. The minimum Gasteiger partial charge on any atom is -0.481 e. The van der Waals surface area contributed by atoms with Crippen LogP contribution in [0.4, 0.5) is 0 Å². The SMILES string of the molecule is CC#CCOc1ccc(S(=O)(=O)C(O)(C(N)=O)C2CCN(C(=O)c3ccccc3)CC2)cc1. The summed E-state index contributed by atoms with van der Waals surface area (Å²) in [5.41, 5.74) is 5.95. The van der Waals surface area contributed by atoms with E-state index in [-0.39, 0.29) is 43.3 Å². The van der Waals surface area contributed by atoms with Gasteiger partial charge in [-0.15, -0.1) is 5.92 Å². The summed E-state index contributed by atoms with van der Waals surface area (Å²) in [6, 6.07) is 14.1. The molecule has 8 nitrogen and oxygen atoms in total. The third-order valence-electron chi connectivity index (χ3n) is 5.74. The molecule has 33 heavy (non-hydrogen) atoms. The molecule has 1 saturated heterocycles. The number of sulfone groups is 1. The van der Waals surface area contributed by atoms with Crippen molar-refractivity contribution in [3.63, 3.8) is 0 Å². The summed E-state index contributed by atoms with van der Waals surface area (Å²) in [7, 11) is -4.54. The third-order valence-corrected chi connectivity index (χ3v) is 7.99. The van der Waals surface area contributed by atoms with Crippen LogP contribution in [-0.4, -0.2) is 54.9 Å². The number of benzene rings is 2. The zero-order valence-corrected chi connectivity index (χ0v) is 19.0. The van der Waals surface area contributed by atoms with Gasteiger partial charge in [0.05, 0.1) is 4.90 Å². The maximum Gasteiger partial charge on any atom is 0.266 e. The van der Waals surface area contributed by atoms with E-state index in [1.165, 1.54) is 24.3 Å². The summed E-state index contributed by atoms with van der Waals surface area (Å²) >= 11 is 0. The van der Waals surface area contributed by atoms with Crippen LogP contribution >= 0.6 is 0 Å². The number of primary amides is 1. The van der Waals surface area contributed by atoms with Gasteiger partial charge in [-0.2, -0.15) is 0 Å². The van der Waals surface area contributed by atoms with E-state index in [9.17, 15) is 23.1 Å². The minimum absolute atomic E-state index is 0.105. The van der Waals surface area contributed by atoms with Crippen LogP contribution < -0.4 is 10.5 Å². The molecule has 0 bridgehead atoms. The number of ether oxygens (including phenoxy) is 1. The molecule has 9 heteroatoms. The lowest BCUT2D eigenvalue weighted by molar-refractivity contribution is -0.133. The monoisotopic (exact) mass is 470 g/mol. The van der Waals surface area contributed by atoms with Crippen LogP contribution in [0.5, 0.6) is 5.75 Å². The second-order valence-corrected chi connectivity index (χ2v) is 9.78. The molecule has 0 radical (unpaired) electrons. The zero-order valence-electron chi connectivity index (χ0n) is 18.2. The summed E-state index contributed by atoms with van der Waals surface area (Å²) in [5, 5.41) is 11.2. The van der Waals surface area contributed by atoms with Gasteiger partial charge in [-0.25, -0.2) is 8.42 Å². The van der Waals surface area contributed by atoms with Crippen LogP contribution in [0.15, 0.2) is 59.5 Å². The molecule has 0 saturated carbocycles. The number of nitrogens with zero attached hydrogens (tertiary/aromatic N) is 1. The van der Waals surface area contributed by atoms with E-state index in [0.29, 0.717) is 11.3 Å². The molecule has 2 amide bonds. The molecule has 1 aliphatic rings. The van der Waals surface area contributed by atoms with E-state index in [1.54, 1.807) is 42.2 Å². The Morgan fingerprint density at radius 3 is 2.27 bits per heavy atom. The molecular formula is C24H26N2O6S. The average molecular weight is 471 g/mol. The lowest BCUT2D eigenvalue weighted by atomic mass is 9.90. The highest BCUT2D eigenvalue weighted by atomic mass is 32.2. The molecule has 3 N–H and O–H groups in total. The van der Waals surface area contributed by atoms with E-state index >= 15 is 0 Å². The van der Waals surface area contributed by atoms with Crippen LogP contribution in [0, 0.1) is 17.8 Å². The van der Waals surface area contributed by atoms with Crippen molar-refractivity contribution >= 4 is 21.7 Å². The summed E-state index contributed by atoms with van der Waals surface area (Å²) in [6.45, 7) is 2.20. The van der Waals surface area contributed by atoms with Crippen molar-refractivity contribution in [2.24, 2.45) is 11.7 Å². The van der Waals surface area contributed by atoms with Crippen LogP contribution in [0.2, 0.25) is 0 Å². The second-order valence-electron chi connectivity index (χ2n) is 7.68. The van der Waals surface area contributed by atoms with E-state index in [2.05, 4.69) is 11.8 Å². The van der Waals surface area contributed by atoms with Gasteiger partial charge < -0.3 is 20.5 Å². The van der Waals surface area contributed by atoms with Gasteiger partial charge in [0.1, 0.15) is 12.4 Å². The summed E-state index contributed by atoms with van der Waals surface area (Å²) in [5.74, 6) is 3.31. The van der Waals surface area contributed by atoms with Crippen LogP contribution in [0.25, 0.3) is 0 Å². The topological polar surface area (TPSA) is 127 Å². The largest absolute Gasteiger partial charge is 0.481 e. The highest BCUT2D eigenvalue weighted by Gasteiger charge is 2.55. The van der Waals surface area contributed by atoms with Gasteiger partial charge in [0, 0.05) is 24.6 Å². The molecule has 0 aromatic heterocycles. The predicted octanol–water partition coefficient (Wildman–Crippen LogP) is 1.59. The number of hydrogen-bond donors (Lipinski definition) is 2. The maximum atomic E-state index is 13.3. The van der Waals surface area contributed by atoms with Gasteiger partial charge in [0.25, 0.3) is 16.7 Å². The molecule has 1 heterocycles. The smallest absolute Gasteiger partial charge is 0.266 e. The molecule has 1 aliphatic heterocycles. The average Bonchev–Trinajstić information content (AvgIpc) is 2.84. The lowest BCUT2D eigenvalue weighted by Gasteiger charge is -2.39. The van der Waals surface area contributed by atoms with Crippen molar-refractivity contribution in [2.45, 2.75) is 29.6 Å². The molecule has 1 fully saturated rings. The molecule has 0 spiro atoms. The first kappa shape index (κ1) is 24.3. The molecule has 2 aromatic rings. The summed E-state index contributed by atoms with van der Waals surface area (Å²) in [6.07, 6.45) is 0.211. The molecular weight excluding hydrogens is 444 g/mol. The molecule has 1 atom stereocenters. The zero-order chi connectivity index (χ0) is 24.1. The van der Waals surface area contributed by atoms with Crippen LogP contribution in [0.1, 0.15) is 30.1 Å². The second kappa shape index (κ2) is 10.1. The fourth-order valence-corrected chi connectivity index (χ4v) is 5.67. The predicted molar refractivity (Wildman–Crippen MR) is 122 cm³/mol. The van der Waals surface area contributed by atoms with Crippen LogP contribution in [-0.2, 0) is 14.6 Å². The van der Waals surface area contributed by atoms with Crippen molar-refractivity contribution in [2.75, 3.05) is 19.7 Å². The number of rotatable bonds is 7. The van der Waals surface area contributed by atoms with Crippen LogP contribution in [0.3, 0.4) is 0 Å². The first-order chi connectivity index (χ1) is 15.7. The van der Waals surface area contributed by atoms with Gasteiger partial charge in [0.2, 0.25) is 9.84 Å². The first-order valence-corrected chi connectivity index (χ1v) is 11.9. The summed E-state index contributed by atoms with van der Waals surface area (Å²) < 4.78 is 32.0. The Kier molecular flexibility index (Phi) is 7.41. The van der Waals surface area contributed by atoms with Crippen molar-refractivity contribution in [1.29, 1.82) is 0 Å². The Bertz CT molecular complexity index is 1160. The normalized spacial score (nSPS) is 16.2. The quantitative estimate of drug-likeness (QED) is 0.592. The Morgan fingerprint density at radius 2 is 1.73 bits per heavy atom. The molecule has 0 aliphatic carbocycles. The number of carbonyl (C=O) groups is 2. The Labute approximate surface area is 193 Å². The lowest BCUT2D eigenvalue weighted by Crippen LogP contribution is -2.58. The molecule has 3 rings (SSSR count). The maximum absolute atomic E-state index is 13.3. The fraction of sp³-hybridized carbons (Fsp3) is 0.333. The number of nitrogens with two attached hydrogens (primary N) is 1. The number of piperidine rings is 1. The van der Waals surface area contributed by atoms with Crippen molar-refractivity contribution < 1.29 is 27.9 Å². The minimum atomic E-state index is -4.54. The Balaban J connectivity index is 1.78. The molecule has 174 valence electrons. The highest BCUT2D eigenvalue weighted by Crippen LogP contribution is 2.37. The third kappa shape index (κ3) is 4.87. The number of likely N-dealkylation sites (tertiary alicyclic amines) is 1.